The van der Waals surface area contributed by atoms with E-state index in [1.165, 1.54) is 35.4 Å². The van der Waals surface area contributed by atoms with Crippen LogP contribution in [-0.4, -0.2) is 106 Å². The molecule has 374 valence electrons. The maximum absolute atomic E-state index is 14.2. The molecule has 4 aromatic carbocycles. The van der Waals surface area contributed by atoms with Crippen molar-refractivity contribution in [2.75, 3.05) is 76.7 Å². The topological polar surface area (TPSA) is 110 Å². The van der Waals surface area contributed by atoms with Crippen LogP contribution in [0, 0.1) is 0 Å². The first-order valence-corrected chi connectivity index (χ1v) is 23.6. The van der Waals surface area contributed by atoms with E-state index >= 15 is 0 Å². The fraction of sp³-hybridized carbons (Fsp3) is 0.308. The summed E-state index contributed by atoms with van der Waals surface area (Å²) in [5.41, 5.74) is 0.480. The van der Waals surface area contributed by atoms with Crippen molar-refractivity contribution in [2.24, 2.45) is 0 Å². The first kappa shape index (κ1) is 48.1. The standard InChI is InChI=1S/C52H50F6N10O4/c1-69-45-21-11-35(51(53,54)55)33-43(45)41-9-7-27-65-47(41)59-49(61-65)67(37-13-17-39(18-14-37)71-31-29-63-23-3-4-24-63)68(38-15-19-40(20-16-38)72-32-30-64-25-5-6-26-64)50-60-48-42(10-8-28-66(48)62-50)44-34-36(52(56,57)58)12-22-46(44)70-2/h7-22,27-28,33-34H,3-6,23-26,29-32H2,1-2H3. The second-order valence-corrected chi connectivity index (χ2v) is 17.4. The van der Waals surface area contributed by atoms with Gasteiger partial charge >= 0.3 is 12.4 Å². The van der Waals surface area contributed by atoms with Gasteiger partial charge in [0.25, 0.3) is 11.9 Å². The van der Waals surface area contributed by atoms with E-state index in [-0.39, 0.29) is 45.8 Å². The summed E-state index contributed by atoms with van der Waals surface area (Å²) in [5, 5.41) is 13.2. The van der Waals surface area contributed by atoms with E-state index in [9.17, 15) is 26.3 Å². The molecule has 0 N–H and O–H groups in total. The minimum absolute atomic E-state index is 0.0423. The van der Waals surface area contributed by atoms with Gasteiger partial charge < -0.3 is 18.9 Å². The van der Waals surface area contributed by atoms with Gasteiger partial charge in [-0.15, -0.1) is 10.2 Å². The van der Waals surface area contributed by atoms with Crippen LogP contribution in [0.25, 0.3) is 33.5 Å². The SMILES string of the molecule is COc1ccc(C(F)(F)F)cc1-c1cccn2nc(N(c3ccc(OCCN4CCCC4)cc3)N(c3ccc(OCCN4CCCC4)cc3)c3nc4c(-c5cc(C(F)(F)F)ccc5OC)cccn4n3)nc12. The van der Waals surface area contributed by atoms with Gasteiger partial charge in [-0.3, -0.25) is 9.80 Å². The van der Waals surface area contributed by atoms with Crippen molar-refractivity contribution >= 4 is 34.6 Å². The lowest BCUT2D eigenvalue weighted by Crippen LogP contribution is -2.37. The molecular weight excluding hydrogens is 943 g/mol. The lowest BCUT2D eigenvalue weighted by atomic mass is 10.0. The van der Waals surface area contributed by atoms with Crippen LogP contribution in [0.2, 0.25) is 0 Å². The van der Waals surface area contributed by atoms with Gasteiger partial charge in [-0.05, 0) is 161 Å². The Morgan fingerprint density at radius 2 is 0.889 bits per heavy atom. The highest BCUT2D eigenvalue weighted by atomic mass is 19.4. The van der Waals surface area contributed by atoms with Gasteiger partial charge in [0.15, 0.2) is 11.3 Å². The van der Waals surface area contributed by atoms with Gasteiger partial charge in [-0.2, -0.15) is 36.3 Å². The summed E-state index contributed by atoms with van der Waals surface area (Å²) in [6.07, 6.45) is -1.41. The maximum atomic E-state index is 14.2. The third-order valence-corrected chi connectivity index (χ3v) is 12.8. The number of hydrogen-bond donors (Lipinski definition) is 0. The van der Waals surface area contributed by atoms with E-state index in [1.54, 1.807) is 46.7 Å². The minimum Gasteiger partial charge on any atom is -0.496 e. The first-order valence-electron chi connectivity index (χ1n) is 23.6. The second kappa shape index (κ2) is 20.3. The molecule has 0 aliphatic carbocycles. The molecule has 14 nitrogen and oxygen atoms in total. The van der Waals surface area contributed by atoms with Crippen molar-refractivity contribution in [3.8, 4) is 45.3 Å². The van der Waals surface area contributed by atoms with Gasteiger partial charge in [0.2, 0.25) is 0 Å². The Morgan fingerprint density at radius 1 is 0.500 bits per heavy atom. The zero-order valence-electron chi connectivity index (χ0n) is 39.4. The maximum Gasteiger partial charge on any atom is 0.416 e. The number of alkyl halides is 6. The van der Waals surface area contributed by atoms with Crippen LogP contribution < -0.4 is 29.0 Å². The van der Waals surface area contributed by atoms with Gasteiger partial charge in [0.1, 0.15) is 36.2 Å². The molecular formula is C52H50F6N10O4. The number of benzene rings is 4. The highest BCUT2D eigenvalue weighted by Gasteiger charge is 2.34. The largest absolute Gasteiger partial charge is 0.496 e. The third-order valence-electron chi connectivity index (χ3n) is 12.8. The van der Waals surface area contributed by atoms with Crippen LogP contribution in [-0.2, 0) is 12.4 Å². The summed E-state index contributed by atoms with van der Waals surface area (Å²) < 4.78 is 112. The van der Waals surface area contributed by atoms with E-state index in [0.29, 0.717) is 47.2 Å². The smallest absolute Gasteiger partial charge is 0.416 e. The average Bonchev–Trinajstić information content (AvgIpc) is 4.24. The van der Waals surface area contributed by atoms with Gasteiger partial charge in [-0.25, -0.2) is 19.0 Å². The van der Waals surface area contributed by atoms with Gasteiger partial charge in [0, 0.05) is 47.7 Å². The molecule has 0 unspecified atom stereocenters. The number of likely N-dealkylation sites (tertiary alicyclic amines) is 2. The van der Waals surface area contributed by atoms with Crippen molar-refractivity contribution < 1.29 is 45.3 Å². The predicted octanol–water partition coefficient (Wildman–Crippen LogP) is 11.0. The molecule has 2 fully saturated rings. The summed E-state index contributed by atoms with van der Waals surface area (Å²) in [5.74, 6) is 1.66. The molecule has 0 spiro atoms. The molecule has 0 bridgehead atoms. The van der Waals surface area contributed by atoms with Gasteiger partial charge in [-0.1, -0.05) is 0 Å². The molecule has 2 aliphatic rings. The van der Waals surface area contributed by atoms with E-state index in [4.69, 9.17) is 39.1 Å². The number of pyridine rings is 2. The number of rotatable bonds is 17. The highest BCUT2D eigenvalue weighted by molar-refractivity contribution is 5.85. The quantitative estimate of drug-likeness (QED) is 0.0640. The van der Waals surface area contributed by atoms with Crippen LogP contribution in [0.4, 0.5) is 49.6 Å². The second-order valence-electron chi connectivity index (χ2n) is 17.4. The Labute approximate surface area is 410 Å². The van der Waals surface area contributed by atoms with E-state index < -0.39 is 23.5 Å². The summed E-state index contributed by atoms with van der Waals surface area (Å²) in [6, 6.07) is 27.5. The van der Waals surface area contributed by atoms with Crippen molar-refractivity contribution in [1.29, 1.82) is 0 Å². The number of methoxy groups -OCH3 is 2. The summed E-state index contributed by atoms with van der Waals surface area (Å²) in [6.45, 7) is 6.61. The molecule has 2 saturated heterocycles. The van der Waals surface area contributed by atoms with Crippen LogP contribution in [0.5, 0.6) is 23.0 Å². The van der Waals surface area contributed by atoms with E-state index in [2.05, 4.69) is 9.80 Å². The number of halogens is 6. The Bertz CT molecular complexity index is 2940. The van der Waals surface area contributed by atoms with E-state index in [1.807, 2.05) is 48.5 Å². The lowest BCUT2D eigenvalue weighted by molar-refractivity contribution is -0.138. The molecule has 6 heterocycles. The van der Waals surface area contributed by atoms with Gasteiger partial charge in [0.05, 0.1) is 36.7 Å². The normalized spacial score (nSPS) is 14.6. The van der Waals surface area contributed by atoms with Crippen LogP contribution in [0.15, 0.2) is 122 Å². The van der Waals surface area contributed by atoms with E-state index in [0.717, 1.165) is 89.2 Å². The number of hydrazine groups is 1. The predicted molar refractivity (Wildman–Crippen MR) is 259 cm³/mol. The van der Waals surface area contributed by atoms with Crippen molar-refractivity contribution in [3.63, 3.8) is 0 Å². The molecule has 0 saturated carbocycles. The molecule has 0 amide bonds. The molecule has 72 heavy (non-hydrogen) atoms. The third kappa shape index (κ3) is 10.1. The fourth-order valence-electron chi connectivity index (χ4n) is 9.18. The number of fused-ring (bicyclic) bond motifs is 2. The van der Waals surface area contributed by atoms with Crippen LogP contribution in [0.1, 0.15) is 36.8 Å². The van der Waals surface area contributed by atoms with Crippen LogP contribution >= 0.6 is 0 Å². The summed E-state index contributed by atoms with van der Waals surface area (Å²) >= 11 is 0. The monoisotopic (exact) mass is 992 g/mol. The number of ether oxygens (including phenoxy) is 4. The first-order chi connectivity index (χ1) is 34.8. The molecule has 20 heteroatoms. The highest BCUT2D eigenvalue weighted by Crippen LogP contribution is 2.42. The average molecular weight is 993 g/mol. The summed E-state index contributed by atoms with van der Waals surface area (Å²) in [7, 11) is 2.75. The Balaban J connectivity index is 1.13. The number of nitrogens with zero attached hydrogens (tertiary/aromatic N) is 10. The van der Waals surface area contributed by atoms with Crippen molar-refractivity contribution in [1.82, 2.24) is 39.0 Å². The summed E-state index contributed by atoms with van der Waals surface area (Å²) in [4.78, 5) is 14.8. The fourth-order valence-corrected chi connectivity index (χ4v) is 9.18. The number of hydrogen-bond acceptors (Lipinski definition) is 12. The molecule has 10 rings (SSSR count). The number of aromatic nitrogens is 6. The molecule has 4 aromatic heterocycles. The Morgan fingerprint density at radius 3 is 1.25 bits per heavy atom. The molecule has 2 aliphatic heterocycles. The Kier molecular flexibility index (Phi) is 13.5. The minimum atomic E-state index is -4.64. The number of anilines is 4. The van der Waals surface area contributed by atoms with Crippen molar-refractivity contribution in [3.05, 3.63) is 133 Å². The van der Waals surface area contributed by atoms with Crippen molar-refractivity contribution in [2.45, 2.75) is 38.0 Å². The van der Waals surface area contributed by atoms with Crippen LogP contribution in [0.3, 0.4) is 0 Å². The zero-order chi connectivity index (χ0) is 50.0. The zero-order valence-corrected chi connectivity index (χ0v) is 39.4. The molecule has 0 radical (unpaired) electrons. The lowest BCUT2D eigenvalue weighted by Gasteiger charge is -2.33. The molecule has 0 atom stereocenters. The Hall–Kier alpha value is -7.58. The molecule has 8 aromatic rings.